The summed E-state index contributed by atoms with van der Waals surface area (Å²) in [6, 6.07) is 5.40. The topological polar surface area (TPSA) is 46.3 Å². The molecular weight excluding hydrogens is 395 g/mol. The van der Waals surface area contributed by atoms with Gasteiger partial charge < -0.3 is 10.6 Å². The molecule has 1 aliphatic rings. The van der Waals surface area contributed by atoms with E-state index in [0.717, 1.165) is 16.4 Å². The first-order valence-electron chi connectivity index (χ1n) is 6.02. The minimum atomic E-state index is 0.0275. The third-order valence-electron chi connectivity index (χ3n) is 3.35. The lowest BCUT2D eigenvalue weighted by Crippen LogP contribution is -2.41. The normalized spacial score (nSPS) is 16.4. The number of nitrogens with zero attached hydrogens (tertiary/aromatic N) is 1. The summed E-state index contributed by atoms with van der Waals surface area (Å²) in [5, 5.41) is 0.615. The number of carbonyl (C=O) groups excluding carboxylic acids is 1. The molecule has 1 amide bonds. The smallest absolute Gasteiger partial charge is 0.253 e. The number of thiocarbonyl (C=S) groups is 1. The highest BCUT2D eigenvalue weighted by molar-refractivity contribution is 14.1. The minimum absolute atomic E-state index is 0.0275. The van der Waals surface area contributed by atoms with E-state index in [0.29, 0.717) is 28.7 Å². The Labute approximate surface area is 136 Å². The minimum Gasteiger partial charge on any atom is -0.393 e. The highest BCUT2D eigenvalue weighted by Gasteiger charge is 2.25. The molecule has 0 saturated carbocycles. The van der Waals surface area contributed by atoms with Crippen LogP contribution >= 0.6 is 46.4 Å². The van der Waals surface area contributed by atoms with Crippen LogP contribution in [0.15, 0.2) is 18.2 Å². The number of carbonyl (C=O) groups is 1. The fourth-order valence-electron chi connectivity index (χ4n) is 2.18. The van der Waals surface area contributed by atoms with E-state index >= 15 is 0 Å². The quantitative estimate of drug-likeness (QED) is 0.604. The van der Waals surface area contributed by atoms with E-state index in [1.165, 1.54) is 0 Å². The van der Waals surface area contributed by atoms with E-state index in [1.807, 2.05) is 17.0 Å². The molecule has 0 unspecified atom stereocenters. The van der Waals surface area contributed by atoms with Crippen molar-refractivity contribution in [3.8, 4) is 0 Å². The third kappa shape index (κ3) is 3.58. The van der Waals surface area contributed by atoms with Gasteiger partial charge in [-0.1, -0.05) is 23.8 Å². The zero-order valence-electron chi connectivity index (χ0n) is 10.2. The van der Waals surface area contributed by atoms with E-state index in [9.17, 15) is 4.79 Å². The van der Waals surface area contributed by atoms with Crippen molar-refractivity contribution in [3.05, 3.63) is 32.4 Å². The summed E-state index contributed by atoms with van der Waals surface area (Å²) in [5.74, 6) is 0.291. The molecule has 1 aromatic rings. The van der Waals surface area contributed by atoms with Crippen molar-refractivity contribution in [1.82, 2.24) is 4.90 Å². The van der Waals surface area contributed by atoms with E-state index in [2.05, 4.69) is 22.6 Å². The number of hydrogen-bond acceptors (Lipinski definition) is 2. The molecule has 0 radical (unpaired) electrons. The van der Waals surface area contributed by atoms with Crippen LogP contribution in [0.25, 0.3) is 0 Å². The molecule has 0 aromatic heterocycles. The first-order valence-corrected chi connectivity index (χ1v) is 7.89. The van der Waals surface area contributed by atoms with Crippen LogP contribution in [-0.2, 0) is 0 Å². The molecule has 2 N–H and O–H groups in total. The Morgan fingerprint density at radius 3 is 2.58 bits per heavy atom. The lowest BCUT2D eigenvalue weighted by atomic mass is 9.96. The van der Waals surface area contributed by atoms with E-state index < -0.39 is 0 Å². The van der Waals surface area contributed by atoms with Crippen LogP contribution in [0.5, 0.6) is 0 Å². The van der Waals surface area contributed by atoms with Gasteiger partial charge in [0.15, 0.2) is 0 Å². The molecule has 102 valence electrons. The number of hydrogen-bond donors (Lipinski definition) is 1. The second-order valence-corrected chi connectivity index (χ2v) is 6.64. The Balaban J connectivity index is 2.05. The van der Waals surface area contributed by atoms with Gasteiger partial charge in [-0.3, -0.25) is 4.79 Å². The fraction of sp³-hybridized carbons (Fsp3) is 0.385. The van der Waals surface area contributed by atoms with E-state index in [1.54, 1.807) is 6.07 Å². The highest BCUT2D eigenvalue weighted by Crippen LogP contribution is 2.23. The van der Waals surface area contributed by atoms with Crippen LogP contribution in [0.3, 0.4) is 0 Å². The van der Waals surface area contributed by atoms with Crippen LogP contribution in [0.1, 0.15) is 23.2 Å². The lowest BCUT2D eigenvalue weighted by molar-refractivity contribution is 0.0710. The summed E-state index contributed by atoms with van der Waals surface area (Å²) in [4.78, 5) is 14.7. The van der Waals surface area contributed by atoms with Gasteiger partial charge in [-0.2, -0.15) is 0 Å². The Bertz CT molecular complexity index is 515. The Kier molecular flexibility index (Phi) is 5.03. The molecule has 2 rings (SSSR count). The summed E-state index contributed by atoms with van der Waals surface area (Å²) in [6.45, 7) is 1.40. The number of rotatable bonds is 2. The number of benzene rings is 1. The SMILES string of the molecule is NC(=S)C1CCN(C(=O)c2ccc(I)c(Cl)c2)CC1. The van der Waals surface area contributed by atoms with Gasteiger partial charge in [0.2, 0.25) is 0 Å². The van der Waals surface area contributed by atoms with Crippen LogP contribution in [0.2, 0.25) is 5.02 Å². The molecule has 0 spiro atoms. The van der Waals surface area contributed by atoms with E-state index in [-0.39, 0.29) is 11.8 Å². The molecular formula is C13H14ClIN2OS. The van der Waals surface area contributed by atoms with Gasteiger partial charge in [0.05, 0.1) is 10.0 Å². The van der Waals surface area contributed by atoms with Crippen molar-refractivity contribution in [2.45, 2.75) is 12.8 Å². The Morgan fingerprint density at radius 1 is 1.42 bits per heavy atom. The Hall–Kier alpha value is -0.400. The predicted octanol–water partition coefficient (Wildman–Crippen LogP) is 3.08. The van der Waals surface area contributed by atoms with Crippen molar-refractivity contribution in [2.24, 2.45) is 11.7 Å². The van der Waals surface area contributed by atoms with Crippen LogP contribution < -0.4 is 5.73 Å². The van der Waals surface area contributed by atoms with Gasteiger partial charge in [0.25, 0.3) is 5.91 Å². The summed E-state index contributed by atoms with van der Waals surface area (Å²) in [7, 11) is 0. The molecule has 0 atom stereocenters. The van der Waals surface area contributed by atoms with Crippen molar-refractivity contribution in [2.75, 3.05) is 13.1 Å². The number of piperidine rings is 1. The van der Waals surface area contributed by atoms with Crippen LogP contribution in [0, 0.1) is 9.49 Å². The number of amides is 1. The van der Waals surface area contributed by atoms with Crippen molar-refractivity contribution < 1.29 is 4.79 Å². The first-order chi connectivity index (χ1) is 8.99. The lowest BCUT2D eigenvalue weighted by Gasteiger charge is -2.31. The Morgan fingerprint density at radius 2 is 2.05 bits per heavy atom. The first kappa shape index (κ1) is 15.0. The fourth-order valence-corrected chi connectivity index (χ4v) is 2.93. The average Bonchev–Trinajstić information content (AvgIpc) is 2.41. The maximum absolute atomic E-state index is 12.3. The van der Waals surface area contributed by atoms with Crippen LogP contribution in [0.4, 0.5) is 0 Å². The summed E-state index contributed by atoms with van der Waals surface area (Å²) < 4.78 is 0.947. The number of likely N-dealkylation sites (tertiary alicyclic amines) is 1. The largest absolute Gasteiger partial charge is 0.393 e. The molecule has 0 aliphatic carbocycles. The average molecular weight is 409 g/mol. The van der Waals surface area contributed by atoms with Gasteiger partial charge in [0, 0.05) is 28.1 Å². The van der Waals surface area contributed by atoms with Crippen molar-refractivity contribution in [3.63, 3.8) is 0 Å². The van der Waals surface area contributed by atoms with Gasteiger partial charge in [0.1, 0.15) is 0 Å². The van der Waals surface area contributed by atoms with Gasteiger partial charge in [-0.15, -0.1) is 0 Å². The molecule has 1 aromatic carbocycles. The molecule has 3 nitrogen and oxygen atoms in total. The standard InChI is InChI=1S/C13H14ClIN2OS/c14-10-7-9(1-2-11(10)15)13(18)17-5-3-8(4-6-17)12(16)19/h1-2,7-8H,3-6H2,(H2,16,19). The zero-order chi connectivity index (χ0) is 14.0. The van der Waals surface area contributed by atoms with Gasteiger partial charge in [-0.25, -0.2) is 0 Å². The van der Waals surface area contributed by atoms with Gasteiger partial charge >= 0.3 is 0 Å². The third-order valence-corrected chi connectivity index (χ3v) is 5.26. The summed E-state index contributed by atoms with van der Waals surface area (Å²) >= 11 is 13.2. The zero-order valence-corrected chi connectivity index (χ0v) is 14.0. The maximum atomic E-state index is 12.3. The second-order valence-electron chi connectivity index (χ2n) is 4.60. The summed E-state index contributed by atoms with van der Waals surface area (Å²) in [6.07, 6.45) is 1.69. The monoisotopic (exact) mass is 408 g/mol. The van der Waals surface area contributed by atoms with E-state index in [4.69, 9.17) is 29.6 Å². The molecule has 6 heteroatoms. The van der Waals surface area contributed by atoms with Crippen LogP contribution in [-0.4, -0.2) is 28.9 Å². The molecule has 1 heterocycles. The number of halogens is 2. The maximum Gasteiger partial charge on any atom is 0.253 e. The summed E-state index contributed by atoms with van der Waals surface area (Å²) in [5.41, 5.74) is 6.28. The highest BCUT2D eigenvalue weighted by atomic mass is 127. The molecule has 19 heavy (non-hydrogen) atoms. The second kappa shape index (κ2) is 6.37. The van der Waals surface area contributed by atoms with Gasteiger partial charge in [-0.05, 0) is 53.6 Å². The molecule has 0 bridgehead atoms. The number of nitrogens with two attached hydrogens (primary N) is 1. The molecule has 1 aliphatic heterocycles. The molecule has 1 saturated heterocycles. The molecule has 1 fully saturated rings. The van der Waals surface area contributed by atoms with Crippen molar-refractivity contribution >= 4 is 57.3 Å². The predicted molar refractivity (Wildman–Crippen MR) is 89.6 cm³/mol. The van der Waals surface area contributed by atoms with Crippen molar-refractivity contribution in [1.29, 1.82) is 0 Å².